The van der Waals surface area contributed by atoms with E-state index < -0.39 is 0 Å². The molecule has 17 heavy (non-hydrogen) atoms. The van der Waals surface area contributed by atoms with Crippen LogP contribution in [0.25, 0.3) is 0 Å². The highest BCUT2D eigenvalue weighted by atomic mass is 35.5. The summed E-state index contributed by atoms with van der Waals surface area (Å²) in [7, 11) is 1.71. The second-order valence-corrected chi connectivity index (χ2v) is 5.60. The Bertz CT molecular complexity index is 409. The fraction of sp³-hybridized carbons (Fsp3) is 0.571. The van der Waals surface area contributed by atoms with Gasteiger partial charge in [0.15, 0.2) is 0 Å². The summed E-state index contributed by atoms with van der Waals surface area (Å²) in [4.78, 5) is 0. The van der Waals surface area contributed by atoms with E-state index in [4.69, 9.17) is 16.3 Å². The van der Waals surface area contributed by atoms with Gasteiger partial charge in [-0.1, -0.05) is 11.6 Å². The van der Waals surface area contributed by atoms with Crippen LogP contribution in [0.1, 0.15) is 37.2 Å². The van der Waals surface area contributed by atoms with E-state index in [2.05, 4.69) is 11.4 Å². The number of hydrogen-bond donors (Lipinski definition) is 1. The van der Waals surface area contributed by atoms with Crippen molar-refractivity contribution < 1.29 is 4.74 Å². The van der Waals surface area contributed by atoms with Crippen LogP contribution in [0.3, 0.4) is 0 Å². The normalized spacial score (nSPS) is 31.5. The van der Waals surface area contributed by atoms with Crippen molar-refractivity contribution in [1.82, 2.24) is 5.32 Å². The lowest BCUT2D eigenvalue weighted by molar-refractivity contribution is 0.361. The van der Waals surface area contributed by atoms with E-state index in [1.54, 1.807) is 7.11 Å². The number of rotatable bonds is 2. The molecule has 0 aromatic heterocycles. The van der Waals surface area contributed by atoms with Crippen LogP contribution in [0.5, 0.6) is 5.75 Å². The van der Waals surface area contributed by atoms with Gasteiger partial charge in [0.2, 0.25) is 0 Å². The van der Waals surface area contributed by atoms with Crippen molar-refractivity contribution in [3.05, 3.63) is 28.8 Å². The van der Waals surface area contributed by atoms with Gasteiger partial charge in [-0.25, -0.2) is 0 Å². The molecule has 92 valence electrons. The molecule has 3 atom stereocenters. The number of fused-ring (bicyclic) bond motifs is 2. The Kier molecular flexibility index (Phi) is 3.01. The van der Waals surface area contributed by atoms with Crippen molar-refractivity contribution >= 4 is 11.6 Å². The zero-order valence-electron chi connectivity index (χ0n) is 10.1. The number of piperidine rings is 1. The summed E-state index contributed by atoms with van der Waals surface area (Å²) in [5.41, 5.74) is 1.27. The van der Waals surface area contributed by atoms with E-state index in [0.717, 1.165) is 10.8 Å². The maximum atomic E-state index is 6.33. The molecule has 3 rings (SSSR count). The SMILES string of the molecule is COc1ccc(Cl)c(C2C[C@H]3CC[C@@H](C2)N3)c1. The van der Waals surface area contributed by atoms with Crippen molar-refractivity contribution in [1.29, 1.82) is 0 Å². The van der Waals surface area contributed by atoms with Crippen LogP contribution in [0.2, 0.25) is 5.02 Å². The first-order chi connectivity index (χ1) is 8.26. The molecule has 2 aliphatic heterocycles. The Hall–Kier alpha value is -0.730. The summed E-state index contributed by atoms with van der Waals surface area (Å²) in [6, 6.07) is 7.39. The summed E-state index contributed by atoms with van der Waals surface area (Å²) >= 11 is 6.33. The second kappa shape index (κ2) is 4.51. The number of hydrogen-bond acceptors (Lipinski definition) is 2. The molecule has 0 amide bonds. The van der Waals surface area contributed by atoms with E-state index in [1.165, 1.54) is 31.2 Å². The first-order valence-electron chi connectivity index (χ1n) is 6.35. The van der Waals surface area contributed by atoms with Crippen LogP contribution >= 0.6 is 11.6 Å². The maximum Gasteiger partial charge on any atom is 0.119 e. The second-order valence-electron chi connectivity index (χ2n) is 5.19. The molecule has 1 aromatic carbocycles. The highest BCUT2D eigenvalue weighted by Gasteiger charge is 2.34. The number of benzene rings is 1. The van der Waals surface area contributed by atoms with Gasteiger partial charge in [0.1, 0.15) is 5.75 Å². The standard InChI is InChI=1S/C14H18ClNO/c1-17-12-4-5-14(15)13(8-12)9-6-10-2-3-11(7-9)16-10/h4-5,8-11,16H,2-3,6-7H2,1H3/t9?,10-,11+. The molecule has 2 heterocycles. The minimum atomic E-state index is 0.594. The van der Waals surface area contributed by atoms with Gasteiger partial charge in [-0.05, 0) is 55.4 Å². The Labute approximate surface area is 107 Å². The largest absolute Gasteiger partial charge is 0.497 e. The number of nitrogens with one attached hydrogen (secondary N) is 1. The van der Waals surface area contributed by atoms with Crippen LogP contribution in [0.15, 0.2) is 18.2 Å². The number of halogens is 1. The molecular formula is C14H18ClNO. The molecule has 0 radical (unpaired) electrons. The van der Waals surface area contributed by atoms with E-state index in [1.807, 2.05) is 12.1 Å². The maximum absolute atomic E-state index is 6.33. The van der Waals surface area contributed by atoms with Crippen molar-refractivity contribution in [3.63, 3.8) is 0 Å². The quantitative estimate of drug-likeness (QED) is 0.871. The third-order valence-corrected chi connectivity index (χ3v) is 4.46. The molecule has 0 spiro atoms. The van der Waals surface area contributed by atoms with Crippen LogP contribution < -0.4 is 10.1 Å². The van der Waals surface area contributed by atoms with Gasteiger partial charge in [0.25, 0.3) is 0 Å². The van der Waals surface area contributed by atoms with Crippen LogP contribution in [0, 0.1) is 0 Å². The summed E-state index contributed by atoms with van der Waals surface area (Å²) in [5, 5.41) is 4.55. The van der Waals surface area contributed by atoms with Gasteiger partial charge in [-0.15, -0.1) is 0 Å². The van der Waals surface area contributed by atoms with Crippen molar-refractivity contribution in [3.8, 4) is 5.75 Å². The summed E-state index contributed by atoms with van der Waals surface area (Å²) in [6.45, 7) is 0. The Morgan fingerprint density at radius 2 is 1.94 bits per heavy atom. The molecule has 2 nitrogen and oxygen atoms in total. The van der Waals surface area contributed by atoms with Crippen molar-refractivity contribution in [2.45, 2.75) is 43.7 Å². The Balaban J connectivity index is 1.88. The average Bonchev–Trinajstić information content (AvgIpc) is 2.69. The van der Waals surface area contributed by atoms with E-state index in [9.17, 15) is 0 Å². The lowest BCUT2D eigenvalue weighted by atomic mass is 9.86. The summed E-state index contributed by atoms with van der Waals surface area (Å²) < 4.78 is 5.30. The van der Waals surface area contributed by atoms with Crippen LogP contribution in [-0.4, -0.2) is 19.2 Å². The third-order valence-electron chi connectivity index (χ3n) is 4.12. The topological polar surface area (TPSA) is 21.3 Å². The fourth-order valence-electron chi connectivity index (χ4n) is 3.27. The smallest absolute Gasteiger partial charge is 0.119 e. The Morgan fingerprint density at radius 1 is 1.24 bits per heavy atom. The predicted molar refractivity (Wildman–Crippen MR) is 69.9 cm³/mol. The van der Waals surface area contributed by atoms with E-state index >= 15 is 0 Å². The van der Waals surface area contributed by atoms with Gasteiger partial charge in [0.05, 0.1) is 7.11 Å². The van der Waals surface area contributed by atoms with E-state index in [0.29, 0.717) is 18.0 Å². The number of methoxy groups -OCH3 is 1. The van der Waals surface area contributed by atoms with Gasteiger partial charge in [-0.2, -0.15) is 0 Å². The molecule has 0 aliphatic carbocycles. The first-order valence-corrected chi connectivity index (χ1v) is 6.73. The molecule has 2 saturated heterocycles. The average molecular weight is 252 g/mol. The zero-order valence-corrected chi connectivity index (χ0v) is 10.8. The minimum Gasteiger partial charge on any atom is -0.497 e. The van der Waals surface area contributed by atoms with Crippen LogP contribution in [0.4, 0.5) is 0 Å². The monoisotopic (exact) mass is 251 g/mol. The van der Waals surface area contributed by atoms with Crippen LogP contribution in [-0.2, 0) is 0 Å². The molecule has 2 bridgehead atoms. The van der Waals surface area contributed by atoms with Crippen molar-refractivity contribution in [2.24, 2.45) is 0 Å². The lowest BCUT2D eigenvalue weighted by Crippen LogP contribution is -2.37. The van der Waals surface area contributed by atoms with Crippen molar-refractivity contribution in [2.75, 3.05) is 7.11 Å². The molecule has 1 unspecified atom stereocenters. The Morgan fingerprint density at radius 3 is 2.59 bits per heavy atom. The zero-order chi connectivity index (χ0) is 11.8. The third kappa shape index (κ3) is 2.16. The highest BCUT2D eigenvalue weighted by molar-refractivity contribution is 6.31. The summed E-state index contributed by atoms with van der Waals surface area (Å²) in [6.07, 6.45) is 5.07. The minimum absolute atomic E-state index is 0.594. The molecular weight excluding hydrogens is 234 g/mol. The first kappa shape index (κ1) is 11.4. The lowest BCUT2D eigenvalue weighted by Gasteiger charge is -2.30. The fourth-order valence-corrected chi connectivity index (χ4v) is 3.54. The van der Waals surface area contributed by atoms with Gasteiger partial charge in [-0.3, -0.25) is 0 Å². The molecule has 1 aromatic rings. The van der Waals surface area contributed by atoms with Gasteiger partial charge < -0.3 is 10.1 Å². The molecule has 1 N–H and O–H groups in total. The van der Waals surface area contributed by atoms with Gasteiger partial charge in [0, 0.05) is 17.1 Å². The molecule has 2 fully saturated rings. The molecule has 2 aliphatic rings. The summed E-state index contributed by atoms with van der Waals surface area (Å²) in [5.74, 6) is 1.51. The predicted octanol–water partition coefficient (Wildman–Crippen LogP) is 3.35. The van der Waals surface area contributed by atoms with Gasteiger partial charge >= 0.3 is 0 Å². The highest BCUT2D eigenvalue weighted by Crippen LogP contribution is 2.40. The number of ether oxygens (including phenoxy) is 1. The van der Waals surface area contributed by atoms with E-state index in [-0.39, 0.29) is 0 Å². The molecule has 0 saturated carbocycles. The molecule has 3 heteroatoms.